The molecule has 1 aromatic heterocycles. The smallest absolute Gasteiger partial charge is 0.204 e. The third kappa shape index (κ3) is 3.94. The van der Waals surface area contributed by atoms with Gasteiger partial charge in [-0.25, -0.2) is 0 Å². The molecular weight excluding hydrogens is 368 g/mol. The van der Waals surface area contributed by atoms with Crippen molar-refractivity contribution >= 4 is 40.4 Å². The fraction of sp³-hybridized carbons (Fsp3) is 0. The van der Waals surface area contributed by atoms with Gasteiger partial charge in [-0.15, -0.1) is 0 Å². The topological polar surface area (TPSA) is 62.5 Å². The van der Waals surface area contributed by atoms with Gasteiger partial charge in [0.05, 0.1) is 11.9 Å². The molecule has 0 aliphatic rings. The number of carbonyl (C=O) groups excluding carboxylic acids is 1. The number of nitrogens with zero attached hydrogens (tertiary/aromatic N) is 2. The molecule has 0 amide bonds. The number of phenolic OH excluding ortho intramolecular Hbond substituents is 1. The quantitative estimate of drug-likeness (QED) is 0.355. The fourth-order valence-electron chi connectivity index (χ4n) is 2.77. The summed E-state index contributed by atoms with van der Waals surface area (Å²) < 4.78 is 0. The van der Waals surface area contributed by atoms with Crippen molar-refractivity contribution < 1.29 is 9.90 Å². The lowest BCUT2D eigenvalue weighted by Crippen LogP contribution is -1.99. The van der Waals surface area contributed by atoms with E-state index in [4.69, 9.17) is 0 Å². The predicted octanol–water partition coefficient (Wildman–Crippen LogP) is 5.68. The summed E-state index contributed by atoms with van der Waals surface area (Å²) in [6.07, 6.45) is 2.91. The summed E-state index contributed by atoms with van der Waals surface area (Å²) in [5.74, 6) is -0.0891. The zero-order valence-electron chi connectivity index (χ0n) is 14.8. The number of aromatic hydroxyl groups is 1. The largest absolute Gasteiger partial charge is 0.506 e. The maximum atomic E-state index is 12.5. The maximum absolute atomic E-state index is 12.5. The van der Waals surface area contributed by atoms with Crippen LogP contribution in [0.25, 0.3) is 10.9 Å². The number of ketones is 1. The van der Waals surface area contributed by atoms with Crippen molar-refractivity contribution in [2.45, 2.75) is 9.79 Å². The van der Waals surface area contributed by atoms with Crippen LogP contribution in [0.5, 0.6) is 5.75 Å². The molecule has 0 aliphatic heterocycles. The Morgan fingerprint density at radius 3 is 2.43 bits per heavy atom. The highest BCUT2D eigenvalue weighted by atomic mass is 32.2. The van der Waals surface area contributed by atoms with E-state index in [9.17, 15) is 9.90 Å². The number of benzene rings is 3. The molecule has 0 aliphatic carbocycles. The van der Waals surface area contributed by atoms with Gasteiger partial charge >= 0.3 is 0 Å². The Labute approximate surface area is 166 Å². The lowest BCUT2D eigenvalue weighted by atomic mass is 10.1. The summed E-state index contributed by atoms with van der Waals surface area (Å²) in [4.78, 5) is 23.2. The summed E-state index contributed by atoms with van der Waals surface area (Å²) in [5.41, 5.74) is 1.62. The van der Waals surface area contributed by atoms with Gasteiger partial charge in [0, 0.05) is 26.9 Å². The van der Waals surface area contributed by atoms with E-state index in [1.54, 1.807) is 42.2 Å². The second-order valence-corrected chi connectivity index (χ2v) is 7.21. The highest BCUT2D eigenvalue weighted by Gasteiger charge is 2.07. The van der Waals surface area contributed by atoms with Crippen LogP contribution in [0, 0.1) is 0 Å². The van der Waals surface area contributed by atoms with Crippen LogP contribution in [0.4, 0.5) is 5.69 Å². The van der Waals surface area contributed by atoms with E-state index in [-0.39, 0.29) is 11.5 Å². The SMILES string of the molecule is O=C(C=Nc1ccc(O)c2ncccc12)c1ccc(Sc2ccccc2)cc1. The zero-order valence-corrected chi connectivity index (χ0v) is 15.6. The first kappa shape index (κ1) is 17.9. The van der Waals surface area contributed by atoms with E-state index in [1.165, 1.54) is 12.3 Å². The van der Waals surface area contributed by atoms with Crippen molar-refractivity contribution in [3.8, 4) is 5.75 Å². The van der Waals surface area contributed by atoms with Crippen LogP contribution in [0.2, 0.25) is 0 Å². The van der Waals surface area contributed by atoms with E-state index >= 15 is 0 Å². The number of phenols is 1. The number of hydrogen-bond acceptors (Lipinski definition) is 5. The first-order valence-electron chi connectivity index (χ1n) is 8.69. The zero-order chi connectivity index (χ0) is 19.3. The van der Waals surface area contributed by atoms with Crippen molar-refractivity contribution in [2.24, 2.45) is 4.99 Å². The average molecular weight is 384 g/mol. The Balaban J connectivity index is 1.52. The molecule has 0 spiro atoms. The van der Waals surface area contributed by atoms with Crippen molar-refractivity contribution in [2.75, 3.05) is 0 Å². The summed E-state index contributed by atoms with van der Waals surface area (Å²) in [6, 6.07) is 24.3. The van der Waals surface area contributed by atoms with Gasteiger partial charge in [-0.05, 0) is 60.7 Å². The number of rotatable bonds is 5. The van der Waals surface area contributed by atoms with Crippen molar-refractivity contribution in [1.29, 1.82) is 0 Å². The summed E-state index contributed by atoms with van der Waals surface area (Å²) in [7, 11) is 0. The number of carbonyl (C=O) groups is 1. The third-order valence-electron chi connectivity index (χ3n) is 4.16. The summed E-state index contributed by atoms with van der Waals surface area (Å²) in [5, 5.41) is 10.6. The van der Waals surface area contributed by atoms with Gasteiger partial charge in [0.1, 0.15) is 11.3 Å². The van der Waals surface area contributed by atoms with Crippen molar-refractivity contribution in [3.05, 3.63) is 90.6 Å². The highest BCUT2D eigenvalue weighted by Crippen LogP contribution is 2.31. The van der Waals surface area contributed by atoms with E-state index in [2.05, 4.69) is 9.98 Å². The highest BCUT2D eigenvalue weighted by molar-refractivity contribution is 7.99. The molecule has 4 rings (SSSR count). The molecule has 136 valence electrons. The Kier molecular flexibility index (Phi) is 5.17. The predicted molar refractivity (Wildman–Crippen MR) is 113 cm³/mol. The van der Waals surface area contributed by atoms with Gasteiger partial charge in [-0.1, -0.05) is 30.0 Å². The standard InChI is InChI=1S/C23H16N2O2S/c26-21-13-12-20(19-7-4-14-24-23(19)21)25-15-22(27)16-8-10-18(11-9-16)28-17-5-2-1-3-6-17/h1-15,26H. The van der Waals surface area contributed by atoms with Crippen LogP contribution in [0.3, 0.4) is 0 Å². The van der Waals surface area contributed by atoms with Crippen LogP contribution in [-0.2, 0) is 0 Å². The van der Waals surface area contributed by atoms with E-state index in [0.29, 0.717) is 22.2 Å². The van der Waals surface area contributed by atoms with Crippen molar-refractivity contribution in [3.63, 3.8) is 0 Å². The molecule has 28 heavy (non-hydrogen) atoms. The molecule has 1 heterocycles. The molecule has 0 atom stereocenters. The molecule has 0 saturated heterocycles. The first-order valence-corrected chi connectivity index (χ1v) is 9.50. The van der Waals surface area contributed by atoms with Gasteiger partial charge < -0.3 is 5.11 Å². The molecule has 5 heteroatoms. The van der Waals surface area contributed by atoms with Crippen LogP contribution < -0.4 is 0 Å². The molecule has 0 saturated carbocycles. The molecule has 0 bridgehead atoms. The number of aliphatic imine (C=N–C) groups is 1. The van der Waals surface area contributed by atoms with Gasteiger partial charge in [0.25, 0.3) is 0 Å². The van der Waals surface area contributed by atoms with Gasteiger partial charge in [-0.2, -0.15) is 0 Å². The van der Waals surface area contributed by atoms with Crippen LogP contribution >= 0.6 is 11.8 Å². The summed E-state index contributed by atoms with van der Waals surface area (Å²) in [6.45, 7) is 0. The number of pyridine rings is 1. The Morgan fingerprint density at radius 1 is 0.893 bits per heavy atom. The Bertz CT molecular complexity index is 1160. The van der Waals surface area contributed by atoms with Crippen molar-refractivity contribution in [1.82, 2.24) is 4.98 Å². The monoisotopic (exact) mass is 384 g/mol. The van der Waals surface area contributed by atoms with E-state index < -0.39 is 0 Å². The number of hydrogen-bond donors (Lipinski definition) is 1. The molecule has 1 N–H and O–H groups in total. The fourth-order valence-corrected chi connectivity index (χ4v) is 3.61. The molecule has 0 unspecified atom stereocenters. The number of aromatic nitrogens is 1. The second-order valence-electron chi connectivity index (χ2n) is 6.07. The molecule has 3 aromatic carbocycles. The molecule has 0 radical (unpaired) electrons. The summed E-state index contributed by atoms with van der Waals surface area (Å²) >= 11 is 1.65. The van der Waals surface area contributed by atoms with Gasteiger partial charge in [0.2, 0.25) is 5.78 Å². The van der Waals surface area contributed by atoms with Gasteiger partial charge in [-0.3, -0.25) is 14.8 Å². The second kappa shape index (κ2) is 8.06. The minimum Gasteiger partial charge on any atom is -0.506 e. The minimum atomic E-state index is -0.179. The molecule has 4 nitrogen and oxygen atoms in total. The van der Waals surface area contributed by atoms with Gasteiger partial charge in [0.15, 0.2) is 0 Å². The number of fused-ring (bicyclic) bond motifs is 1. The first-order chi connectivity index (χ1) is 13.7. The maximum Gasteiger partial charge on any atom is 0.204 e. The van der Waals surface area contributed by atoms with Crippen LogP contribution in [0.15, 0.2) is 99.8 Å². The van der Waals surface area contributed by atoms with Crippen LogP contribution in [0.1, 0.15) is 10.4 Å². The Morgan fingerprint density at radius 2 is 1.64 bits per heavy atom. The third-order valence-corrected chi connectivity index (χ3v) is 5.18. The van der Waals surface area contributed by atoms with Crippen LogP contribution in [-0.4, -0.2) is 22.1 Å². The lowest BCUT2D eigenvalue weighted by molar-refractivity contribution is 0.107. The normalized spacial score (nSPS) is 11.1. The molecule has 0 fully saturated rings. The molecule has 4 aromatic rings. The lowest BCUT2D eigenvalue weighted by Gasteiger charge is -2.04. The number of Topliss-reactive ketones (excluding diaryl/α,β-unsaturated/α-hetero) is 1. The Hall–Kier alpha value is -3.44. The average Bonchev–Trinajstić information content (AvgIpc) is 2.74. The minimum absolute atomic E-state index is 0.0902. The molecular formula is C23H16N2O2S. The van der Waals surface area contributed by atoms with E-state index in [1.807, 2.05) is 48.5 Å². The van der Waals surface area contributed by atoms with E-state index in [0.717, 1.165) is 9.79 Å².